The highest BCUT2D eigenvalue weighted by molar-refractivity contribution is 5.89. The first kappa shape index (κ1) is 12.3. The summed E-state index contributed by atoms with van der Waals surface area (Å²) < 4.78 is 5.16. The third-order valence-corrected chi connectivity index (χ3v) is 3.23. The molecule has 0 amide bonds. The van der Waals surface area contributed by atoms with Crippen LogP contribution in [0.4, 0.5) is 5.69 Å². The van der Waals surface area contributed by atoms with Gasteiger partial charge in [-0.25, -0.2) is 0 Å². The number of aromatic amines is 1. The fourth-order valence-electron chi connectivity index (χ4n) is 2.14. The lowest BCUT2D eigenvalue weighted by Gasteiger charge is -2.10. The Morgan fingerprint density at radius 1 is 1.30 bits per heavy atom. The predicted molar refractivity (Wildman–Crippen MR) is 78.1 cm³/mol. The molecule has 1 aromatic heterocycles. The van der Waals surface area contributed by atoms with Crippen molar-refractivity contribution >= 4 is 16.6 Å². The molecule has 3 aromatic rings. The first-order valence-corrected chi connectivity index (χ1v) is 6.30. The molecule has 0 aliphatic carbocycles. The van der Waals surface area contributed by atoms with Gasteiger partial charge in [0.1, 0.15) is 11.5 Å². The van der Waals surface area contributed by atoms with Crippen LogP contribution < -0.4 is 10.1 Å². The van der Waals surface area contributed by atoms with Crippen LogP contribution in [0.25, 0.3) is 10.9 Å². The highest BCUT2D eigenvalue weighted by atomic mass is 16.5. The Kier molecular flexibility index (Phi) is 3.16. The normalized spacial score (nSPS) is 10.7. The Hall–Kier alpha value is -2.69. The lowest BCUT2D eigenvalue weighted by molar-refractivity contribution is 0.411. The van der Waals surface area contributed by atoms with E-state index in [1.807, 2.05) is 24.3 Å². The number of aromatic nitrogens is 2. The van der Waals surface area contributed by atoms with Crippen LogP contribution in [0.2, 0.25) is 0 Å². The van der Waals surface area contributed by atoms with Gasteiger partial charge in [-0.3, -0.25) is 5.10 Å². The fraction of sp³-hybridized carbons (Fsp3) is 0.133. The minimum absolute atomic E-state index is 0.245. The summed E-state index contributed by atoms with van der Waals surface area (Å²) in [5.41, 5.74) is 2.68. The SMILES string of the molecule is COc1ccc(O)c(CNc2cccc3cn[nH]c23)c1. The van der Waals surface area contributed by atoms with Gasteiger partial charge >= 0.3 is 0 Å². The van der Waals surface area contributed by atoms with Gasteiger partial charge in [-0.15, -0.1) is 0 Å². The van der Waals surface area contributed by atoms with Gasteiger partial charge in [-0.05, 0) is 24.3 Å². The second-order valence-corrected chi connectivity index (χ2v) is 4.49. The van der Waals surface area contributed by atoms with Crippen molar-refractivity contribution in [3.05, 3.63) is 48.2 Å². The number of fused-ring (bicyclic) bond motifs is 1. The van der Waals surface area contributed by atoms with Gasteiger partial charge in [0.2, 0.25) is 0 Å². The minimum Gasteiger partial charge on any atom is -0.508 e. The van der Waals surface area contributed by atoms with Crippen LogP contribution in [0.1, 0.15) is 5.56 Å². The number of benzene rings is 2. The Labute approximate surface area is 116 Å². The number of nitrogens with zero attached hydrogens (tertiary/aromatic N) is 1. The number of H-pyrrole nitrogens is 1. The summed E-state index contributed by atoms with van der Waals surface area (Å²) in [6.07, 6.45) is 1.78. The number of aromatic hydroxyl groups is 1. The molecule has 2 aromatic carbocycles. The maximum absolute atomic E-state index is 9.87. The number of anilines is 1. The number of ether oxygens (including phenoxy) is 1. The Morgan fingerprint density at radius 2 is 2.20 bits per heavy atom. The van der Waals surface area contributed by atoms with Crippen molar-refractivity contribution in [2.45, 2.75) is 6.54 Å². The Morgan fingerprint density at radius 3 is 3.05 bits per heavy atom. The van der Waals surface area contributed by atoms with Gasteiger partial charge in [-0.2, -0.15) is 5.10 Å². The Bertz CT molecular complexity index is 737. The van der Waals surface area contributed by atoms with Gasteiger partial charge in [-0.1, -0.05) is 12.1 Å². The summed E-state index contributed by atoms with van der Waals surface area (Å²) in [5.74, 6) is 0.967. The molecule has 0 fully saturated rings. The van der Waals surface area contributed by atoms with Crippen molar-refractivity contribution in [2.75, 3.05) is 12.4 Å². The van der Waals surface area contributed by atoms with Crippen LogP contribution in [0.15, 0.2) is 42.6 Å². The topological polar surface area (TPSA) is 70.2 Å². The smallest absolute Gasteiger partial charge is 0.120 e. The van der Waals surface area contributed by atoms with E-state index >= 15 is 0 Å². The molecule has 0 spiro atoms. The third kappa shape index (κ3) is 2.25. The molecule has 0 aliphatic rings. The van der Waals surface area contributed by atoms with Gasteiger partial charge in [0.05, 0.1) is 24.5 Å². The maximum atomic E-state index is 9.87. The number of methoxy groups -OCH3 is 1. The molecular formula is C15H15N3O2. The number of nitrogens with one attached hydrogen (secondary N) is 2. The van der Waals surface area contributed by atoms with Crippen LogP contribution >= 0.6 is 0 Å². The van der Waals surface area contributed by atoms with Gasteiger partial charge in [0.25, 0.3) is 0 Å². The largest absolute Gasteiger partial charge is 0.508 e. The highest BCUT2D eigenvalue weighted by Gasteiger charge is 2.06. The van der Waals surface area contributed by atoms with E-state index in [-0.39, 0.29) is 5.75 Å². The number of phenolic OH excluding ortho intramolecular Hbond substituents is 1. The average Bonchev–Trinajstić information content (AvgIpc) is 2.95. The van der Waals surface area contributed by atoms with Gasteiger partial charge in [0, 0.05) is 17.5 Å². The van der Waals surface area contributed by atoms with Crippen LogP contribution in [-0.4, -0.2) is 22.4 Å². The zero-order chi connectivity index (χ0) is 13.9. The quantitative estimate of drug-likeness (QED) is 0.681. The summed E-state index contributed by atoms with van der Waals surface area (Å²) >= 11 is 0. The number of rotatable bonds is 4. The number of hydrogen-bond donors (Lipinski definition) is 3. The van der Waals surface area contributed by atoms with Gasteiger partial charge in [0.15, 0.2) is 0 Å². The van der Waals surface area contributed by atoms with E-state index in [1.165, 1.54) is 0 Å². The minimum atomic E-state index is 0.245. The lowest BCUT2D eigenvalue weighted by Crippen LogP contribution is -2.00. The zero-order valence-corrected chi connectivity index (χ0v) is 11.1. The molecular weight excluding hydrogens is 254 g/mol. The van der Waals surface area contributed by atoms with Crippen LogP contribution in [0.3, 0.4) is 0 Å². The van der Waals surface area contributed by atoms with E-state index < -0.39 is 0 Å². The molecule has 1 heterocycles. The lowest BCUT2D eigenvalue weighted by atomic mass is 10.1. The van der Waals surface area contributed by atoms with E-state index in [2.05, 4.69) is 15.5 Å². The van der Waals surface area contributed by atoms with E-state index in [4.69, 9.17) is 4.74 Å². The molecule has 102 valence electrons. The molecule has 0 saturated heterocycles. The van der Waals surface area contributed by atoms with E-state index in [9.17, 15) is 5.11 Å². The van der Waals surface area contributed by atoms with Crippen molar-refractivity contribution in [2.24, 2.45) is 0 Å². The number of para-hydroxylation sites is 1. The predicted octanol–water partition coefficient (Wildman–Crippen LogP) is 2.89. The van der Waals surface area contributed by atoms with Crippen molar-refractivity contribution < 1.29 is 9.84 Å². The molecule has 0 bridgehead atoms. The molecule has 0 radical (unpaired) electrons. The van der Waals surface area contributed by atoms with Crippen LogP contribution in [-0.2, 0) is 6.54 Å². The summed E-state index contributed by atoms with van der Waals surface area (Å²) in [7, 11) is 1.61. The molecule has 0 aliphatic heterocycles. The number of phenols is 1. The molecule has 0 atom stereocenters. The summed E-state index contributed by atoms with van der Waals surface area (Å²) in [4.78, 5) is 0. The van der Waals surface area contributed by atoms with Crippen LogP contribution in [0.5, 0.6) is 11.5 Å². The van der Waals surface area contributed by atoms with E-state index in [0.29, 0.717) is 6.54 Å². The Balaban J connectivity index is 1.84. The van der Waals surface area contributed by atoms with Crippen LogP contribution in [0, 0.1) is 0 Å². The molecule has 3 rings (SSSR count). The molecule has 0 saturated carbocycles. The maximum Gasteiger partial charge on any atom is 0.120 e. The first-order chi connectivity index (χ1) is 9.78. The van der Waals surface area contributed by atoms with Crippen molar-refractivity contribution in [1.82, 2.24) is 10.2 Å². The van der Waals surface area contributed by atoms with E-state index in [1.54, 1.807) is 25.4 Å². The first-order valence-electron chi connectivity index (χ1n) is 6.30. The number of hydrogen-bond acceptors (Lipinski definition) is 4. The third-order valence-electron chi connectivity index (χ3n) is 3.23. The second-order valence-electron chi connectivity index (χ2n) is 4.49. The average molecular weight is 269 g/mol. The summed E-state index contributed by atoms with van der Waals surface area (Å²) in [6.45, 7) is 0.501. The molecule has 3 N–H and O–H groups in total. The van der Waals surface area contributed by atoms with Crippen molar-refractivity contribution in [3.8, 4) is 11.5 Å². The van der Waals surface area contributed by atoms with Gasteiger partial charge < -0.3 is 15.2 Å². The zero-order valence-electron chi connectivity index (χ0n) is 11.1. The fourth-order valence-corrected chi connectivity index (χ4v) is 2.14. The molecule has 5 heteroatoms. The highest BCUT2D eigenvalue weighted by Crippen LogP contribution is 2.25. The van der Waals surface area contributed by atoms with E-state index in [0.717, 1.165) is 27.9 Å². The van der Waals surface area contributed by atoms with Crippen molar-refractivity contribution in [1.29, 1.82) is 0 Å². The molecule has 5 nitrogen and oxygen atoms in total. The standard InChI is InChI=1S/C15H15N3O2/c1-20-12-5-6-14(19)11(7-12)8-16-13-4-2-3-10-9-17-18-15(10)13/h2-7,9,16,19H,8H2,1H3,(H,17,18). The molecule has 0 unspecified atom stereocenters. The van der Waals surface area contributed by atoms with Crippen molar-refractivity contribution in [3.63, 3.8) is 0 Å². The monoisotopic (exact) mass is 269 g/mol. The molecule has 20 heavy (non-hydrogen) atoms. The summed E-state index contributed by atoms with van der Waals surface area (Å²) in [6, 6.07) is 11.1. The second kappa shape index (κ2) is 5.13. The summed E-state index contributed by atoms with van der Waals surface area (Å²) in [5, 5.41) is 21.2.